The number of hydrogen-bond acceptors (Lipinski definition) is 4. The highest BCUT2D eigenvalue weighted by atomic mass is 16.3. The third-order valence-electron chi connectivity index (χ3n) is 3.51. The first-order valence-electron chi connectivity index (χ1n) is 7.78. The van der Waals surface area contributed by atoms with E-state index in [0.29, 0.717) is 23.7 Å². The van der Waals surface area contributed by atoms with E-state index in [2.05, 4.69) is 15.7 Å². The van der Waals surface area contributed by atoms with Gasteiger partial charge in [-0.15, -0.1) is 0 Å². The number of anilines is 1. The van der Waals surface area contributed by atoms with Crippen LogP contribution in [0.25, 0.3) is 5.69 Å². The lowest BCUT2D eigenvalue weighted by Crippen LogP contribution is -2.22. The van der Waals surface area contributed by atoms with Gasteiger partial charge in [-0.3, -0.25) is 9.59 Å². The molecular formula is C18H18N4O3. The molecule has 2 aromatic heterocycles. The zero-order valence-electron chi connectivity index (χ0n) is 13.9. The summed E-state index contributed by atoms with van der Waals surface area (Å²) in [6, 6.07) is 12.3. The monoisotopic (exact) mass is 338 g/mol. The molecule has 0 bridgehead atoms. The summed E-state index contributed by atoms with van der Waals surface area (Å²) in [6.07, 6.45) is 1.56. The standard InChI is InChI=1S/C18H18N4O3/c1-12-10-17(20-13(2)23)22(21-12)15-7-5-14(6-8-15)18(24)19-11-16-4-3-9-25-16/h3-10H,11H2,1-2H3,(H,19,24)(H,20,23). The van der Waals surface area contributed by atoms with Crippen LogP contribution in [0.2, 0.25) is 0 Å². The van der Waals surface area contributed by atoms with Gasteiger partial charge in [-0.1, -0.05) is 0 Å². The smallest absolute Gasteiger partial charge is 0.251 e. The molecule has 7 heteroatoms. The molecule has 0 aliphatic carbocycles. The lowest BCUT2D eigenvalue weighted by atomic mass is 10.2. The molecule has 2 N–H and O–H groups in total. The van der Waals surface area contributed by atoms with Gasteiger partial charge >= 0.3 is 0 Å². The van der Waals surface area contributed by atoms with Crippen LogP contribution in [0.3, 0.4) is 0 Å². The molecule has 0 atom stereocenters. The number of nitrogens with zero attached hydrogens (tertiary/aromatic N) is 2. The summed E-state index contributed by atoms with van der Waals surface area (Å²) in [6.45, 7) is 3.62. The lowest BCUT2D eigenvalue weighted by molar-refractivity contribution is -0.114. The maximum atomic E-state index is 12.2. The average Bonchev–Trinajstić information content (AvgIpc) is 3.22. The van der Waals surface area contributed by atoms with Crippen molar-refractivity contribution in [2.45, 2.75) is 20.4 Å². The van der Waals surface area contributed by atoms with Gasteiger partial charge in [0.2, 0.25) is 5.91 Å². The van der Waals surface area contributed by atoms with E-state index in [-0.39, 0.29) is 11.8 Å². The second-order valence-electron chi connectivity index (χ2n) is 5.57. The van der Waals surface area contributed by atoms with Crippen molar-refractivity contribution in [3.8, 4) is 5.69 Å². The summed E-state index contributed by atoms with van der Waals surface area (Å²) in [5, 5.41) is 9.90. The Hall–Kier alpha value is -3.35. The number of hydrogen-bond donors (Lipinski definition) is 2. The number of furan rings is 1. The molecule has 2 heterocycles. The largest absolute Gasteiger partial charge is 0.467 e. The third kappa shape index (κ3) is 3.95. The van der Waals surface area contributed by atoms with Gasteiger partial charge in [0.15, 0.2) is 0 Å². The van der Waals surface area contributed by atoms with E-state index in [0.717, 1.165) is 11.4 Å². The van der Waals surface area contributed by atoms with Crippen LogP contribution in [0, 0.1) is 6.92 Å². The number of benzene rings is 1. The number of aromatic nitrogens is 2. The summed E-state index contributed by atoms with van der Waals surface area (Å²) in [5.41, 5.74) is 2.06. The van der Waals surface area contributed by atoms with Crippen LogP contribution in [0.5, 0.6) is 0 Å². The lowest BCUT2D eigenvalue weighted by Gasteiger charge is -2.09. The molecule has 7 nitrogen and oxygen atoms in total. The highest BCUT2D eigenvalue weighted by Gasteiger charge is 2.11. The number of carbonyl (C=O) groups is 2. The Kier molecular flexibility index (Phi) is 4.65. The predicted molar refractivity (Wildman–Crippen MR) is 92.5 cm³/mol. The minimum absolute atomic E-state index is 0.171. The number of carbonyl (C=O) groups excluding carboxylic acids is 2. The Morgan fingerprint density at radius 2 is 1.96 bits per heavy atom. The molecule has 0 radical (unpaired) electrons. The SMILES string of the molecule is CC(=O)Nc1cc(C)nn1-c1ccc(C(=O)NCc2ccco2)cc1. The molecule has 2 amide bonds. The maximum absolute atomic E-state index is 12.2. The second-order valence-corrected chi connectivity index (χ2v) is 5.57. The van der Waals surface area contributed by atoms with E-state index in [4.69, 9.17) is 4.42 Å². The first-order chi connectivity index (χ1) is 12.0. The van der Waals surface area contributed by atoms with E-state index < -0.39 is 0 Å². The fourth-order valence-electron chi connectivity index (χ4n) is 2.40. The average molecular weight is 338 g/mol. The van der Waals surface area contributed by atoms with Crippen LogP contribution in [0.15, 0.2) is 53.1 Å². The molecule has 0 aliphatic heterocycles. The van der Waals surface area contributed by atoms with Gasteiger partial charge in [-0.2, -0.15) is 5.10 Å². The van der Waals surface area contributed by atoms with Gasteiger partial charge in [0.05, 0.1) is 24.2 Å². The third-order valence-corrected chi connectivity index (χ3v) is 3.51. The van der Waals surface area contributed by atoms with E-state index in [1.54, 1.807) is 53.4 Å². The normalized spacial score (nSPS) is 10.5. The Bertz CT molecular complexity index is 880. The van der Waals surface area contributed by atoms with Crippen molar-refractivity contribution in [2.75, 3.05) is 5.32 Å². The zero-order chi connectivity index (χ0) is 17.8. The summed E-state index contributed by atoms with van der Waals surface area (Å²) in [5.74, 6) is 0.911. The summed E-state index contributed by atoms with van der Waals surface area (Å²) in [7, 11) is 0. The van der Waals surface area contributed by atoms with Crippen LogP contribution >= 0.6 is 0 Å². The fourth-order valence-corrected chi connectivity index (χ4v) is 2.40. The van der Waals surface area contributed by atoms with E-state index in [1.165, 1.54) is 6.92 Å². The maximum Gasteiger partial charge on any atom is 0.251 e. The summed E-state index contributed by atoms with van der Waals surface area (Å²) >= 11 is 0. The molecule has 25 heavy (non-hydrogen) atoms. The second kappa shape index (κ2) is 7.04. The Morgan fingerprint density at radius 3 is 2.60 bits per heavy atom. The minimum atomic E-state index is -0.193. The molecule has 128 valence electrons. The van der Waals surface area contributed by atoms with E-state index in [1.807, 2.05) is 6.92 Å². The van der Waals surface area contributed by atoms with Crippen LogP contribution in [-0.4, -0.2) is 21.6 Å². The summed E-state index contributed by atoms with van der Waals surface area (Å²) < 4.78 is 6.81. The highest BCUT2D eigenvalue weighted by Crippen LogP contribution is 2.18. The number of amides is 2. The molecule has 0 spiro atoms. The topological polar surface area (TPSA) is 89.2 Å². The fraction of sp³-hybridized carbons (Fsp3) is 0.167. The van der Waals surface area contributed by atoms with Crippen molar-refractivity contribution >= 4 is 17.6 Å². The molecule has 3 rings (SSSR count). The minimum Gasteiger partial charge on any atom is -0.467 e. The van der Waals surface area contributed by atoms with Crippen molar-refractivity contribution in [2.24, 2.45) is 0 Å². The van der Waals surface area contributed by atoms with E-state index in [9.17, 15) is 9.59 Å². The van der Waals surface area contributed by atoms with Gasteiger partial charge in [-0.25, -0.2) is 4.68 Å². The van der Waals surface area contributed by atoms with Crippen molar-refractivity contribution < 1.29 is 14.0 Å². The zero-order valence-corrected chi connectivity index (χ0v) is 13.9. The molecular weight excluding hydrogens is 320 g/mol. The van der Waals surface area contributed by atoms with Crippen molar-refractivity contribution in [3.05, 3.63) is 65.7 Å². The Morgan fingerprint density at radius 1 is 1.20 bits per heavy atom. The van der Waals surface area contributed by atoms with Gasteiger partial charge in [0, 0.05) is 18.6 Å². The van der Waals surface area contributed by atoms with Gasteiger partial charge < -0.3 is 15.1 Å². The van der Waals surface area contributed by atoms with Crippen molar-refractivity contribution in [1.82, 2.24) is 15.1 Å². The highest BCUT2D eigenvalue weighted by molar-refractivity contribution is 5.94. The number of aryl methyl sites for hydroxylation is 1. The molecule has 0 aliphatic rings. The van der Waals surface area contributed by atoms with Gasteiger partial charge in [0.1, 0.15) is 11.6 Å². The predicted octanol–water partition coefficient (Wildman–Crippen LogP) is 2.66. The molecule has 1 aromatic carbocycles. The molecule has 0 saturated heterocycles. The molecule has 0 fully saturated rings. The van der Waals surface area contributed by atoms with Crippen molar-refractivity contribution in [1.29, 1.82) is 0 Å². The Labute approximate surface area is 144 Å². The van der Waals surface area contributed by atoms with Crippen molar-refractivity contribution in [3.63, 3.8) is 0 Å². The first-order valence-corrected chi connectivity index (χ1v) is 7.78. The first kappa shape index (κ1) is 16.5. The quantitative estimate of drug-likeness (QED) is 0.748. The van der Waals surface area contributed by atoms with Crippen LogP contribution < -0.4 is 10.6 Å². The van der Waals surface area contributed by atoms with Crippen LogP contribution in [0.1, 0.15) is 28.7 Å². The molecule has 3 aromatic rings. The van der Waals surface area contributed by atoms with Crippen LogP contribution in [0.4, 0.5) is 5.82 Å². The van der Waals surface area contributed by atoms with E-state index >= 15 is 0 Å². The molecule has 0 saturated carbocycles. The number of rotatable bonds is 5. The van der Waals surface area contributed by atoms with Gasteiger partial charge in [0.25, 0.3) is 5.91 Å². The van der Waals surface area contributed by atoms with Gasteiger partial charge in [-0.05, 0) is 43.3 Å². The Balaban J connectivity index is 1.74. The molecule has 0 unspecified atom stereocenters. The summed E-state index contributed by atoms with van der Waals surface area (Å²) in [4.78, 5) is 23.5. The number of nitrogens with one attached hydrogen (secondary N) is 2. The van der Waals surface area contributed by atoms with Crippen LogP contribution in [-0.2, 0) is 11.3 Å².